The van der Waals surface area contributed by atoms with E-state index in [1.54, 1.807) is 12.1 Å². The second-order valence-electron chi connectivity index (χ2n) is 7.53. The van der Waals surface area contributed by atoms with E-state index in [1.807, 2.05) is 42.5 Å². The quantitative estimate of drug-likeness (QED) is 0.245. The van der Waals surface area contributed by atoms with Crippen LogP contribution < -0.4 is 4.31 Å². The average molecular weight is 459 g/mol. The molecule has 0 atom stereocenters. The SMILES string of the molecule is C=C=CCN(c1ccccc1C(=C1CC1)c1ccccc1)S(=O)(=O)c1ccccc1[N+](=O)[O-]. The van der Waals surface area contributed by atoms with E-state index in [2.05, 4.69) is 12.3 Å². The van der Waals surface area contributed by atoms with Crippen molar-refractivity contribution in [3.05, 3.63) is 124 Å². The first-order valence-electron chi connectivity index (χ1n) is 10.4. The van der Waals surface area contributed by atoms with Crippen LogP contribution in [0.2, 0.25) is 0 Å². The summed E-state index contributed by atoms with van der Waals surface area (Å²) < 4.78 is 28.8. The monoisotopic (exact) mass is 458 g/mol. The minimum Gasteiger partial charge on any atom is -0.261 e. The van der Waals surface area contributed by atoms with Crippen molar-refractivity contribution in [2.75, 3.05) is 10.8 Å². The summed E-state index contributed by atoms with van der Waals surface area (Å²) in [6, 6.07) is 22.5. The molecule has 1 saturated carbocycles. The molecule has 0 unspecified atom stereocenters. The lowest BCUT2D eigenvalue weighted by Gasteiger charge is -2.26. The van der Waals surface area contributed by atoms with Gasteiger partial charge in [-0.25, -0.2) is 8.42 Å². The van der Waals surface area contributed by atoms with E-state index in [4.69, 9.17) is 0 Å². The summed E-state index contributed by atoms with van der Waals surface area (Å²) in [6.07, 6.45) is 3.39. The molecule has 4 rings (SSSR count). The van der Waals surface area contributed by atoms with Crippen LogP contribution in [-0.4, -0.2) is 19.9 Å². The first-order valence-corrected chi connectivity index (χ1v) is 11.9. The van der Waals surface area contributed by atoms with Gasteiger partial charge in [0.25, 0.3) is 15.7 Å². The van der Waals surface area contributed by atoms with Crippen molar-refractivity contribution in [1.82, 2.24) is 0 Å². The second-order valence-corrected chi connectivity index (χ2v) is 9.36. The van der Waals surface area contributed by atoms with Crippen LogP contribution in [-0.2, 0) is 10.0 Å². The van der Waals surface area contributed by atoms with Gasteiger partial charge < -0.3 is 0 Å². The smallest absolute Gasteiger partial charge is 0.261 e. The highest BCUT2D eigenvalue weighted by Gasteiger charge is 2.33. The molecule has 1 fully saturated rings. The molecule has 1 aliphatic carbocycles. The molecule has 0 aromatic heterocycles. The van der Waals surface area contributed by atoms with Crippen molar-refractivity contribution in [1.29, 1.82) is 0 Å². The van der Waals surface area contributed by atoms with Gasteiger partial charge in [-0.05, 0) is 42.2 Å². The molecule has 0 amide bonds. The third-order valence-corrected chi connectivity index (χ3v) is 7.22. The van der Waals surface area contributed by atoms with E-state index >= 15 is 0 Å². The van der Waals surface area contributed by atoms with Crippen LogP contribution in [0.15, 0.2) is 108 Å². The first-order chi connectivity index (χ1) is 15.9. The van der Waals surface area contributed by atoms with Crippen LogP contribution in [0.3, 0.4) is 0 Å². The highest BCUT2D eigenvalue weighted by Crippen LogP contribution is 2.44. The Bertz CT molecular complexity index is 1380. The number of hydrogen-bond donors (Lipinski definition) is 0. The fourth-order valence-corrected chi connectivity index (χ4v) is 5.37. The van der Waals surface area contributed by atoms with Crippen molar-refractivity contribution >= 4 is 27.0 Å². The summed E-state index contributed by atoms with van der Waals surface area (Å²) in [6.45, 7) is 3.49. The van der Waals surface area contributed by atoms with E-state index in [9.17, 15) is 18.5 Å². The lowest BCUT2D eigenvalue weighted by Crippen LogP contribution is -2.32. The average Bonchev–Trinajstić information content (AvgIpc) is 3.66. The van der Waals surface area contributed by atoms with Gasteiger partial charge in [-0.1, -0.05) is 72.8 Å². The Hall–Kier alpha value is -3.93. The summed E-state index contributed by atoms with van der Waals surface area (Å²) >= 11 is 0. The lowest BCUT2D eigenvalue weighted by molar-refractivity contribution is -0.387. The second kappa shape index (κ2) is 9.28. The highest BCUT2D eigenvalue weighted by atomic mass is 32.2. The summed E-state index contributed by atoms with van der Waals surface area (Å²) in [7, 11) is -4.28. The maximum absolute atomic E-state index is 13.8. The van der Waals surface area contributed by atoms with Gasteiger partial charge in [-0.3, -0.25) is 14.4 Å². The maximum atomic E-state index is 13.8. The molecule has 166 valence electrons. The zero-order chi connectivity index (χ0) is 23.4. The van der Waals surface area contributed by atoms with Crippen molar-refractivity contribution in [3.8, 4) is 0 Å². The molecule has 0 heterocycles. The molecule has 7 heteroatoms. The fourth-order valence-electron chi connectivity index (χ4n) is 3.79. The minimum absolute atomic E-state index is 0.0632. The number of nitrogens with zero attached hydrogens (tertiary/aromatic N) is 2. The van der Waals surface area contributed by atoms with E-state index in [-0.39, 0.29) is 11.4 Å². The molecule has 3 aromatic rings. The van der Waals surface area contributed by atoms with Crippen molar-refractivity contribution in [3.63, 3.8) is 0 Å². The van der Waals surface area contributed by atoms with Crippen LogP contribution in [0, 0.1) is 10.1 Å². The molecular formula is C26H22N2O4S. The van der Waals surface area contributed by atoms with Gasteiger partial charge in [0.1, 0.15) is 0 Å². The molecule has 33 heavy (non-hydrogen) atoms. The van der Waals surface area contributed by atoms with Crippen molar-refractivity contribution in [2.24, 2.45) is 0 Å². The molecule has 0 radical (unpaired) electrons. The van der Waals surface area contributed by atoms with E-state index in [0.29, 0.717) is 5.69 Å². The number of nitro groups is 1. The summed E-state index contributed by atoms with van der Waals surface area (Å²) in [4.78, 5) is 10.5. The Morgan fingerprint density at radius 1 is 1.00 bits per heavy atom. The number of allylic oxidation sites excluding steroid dienone is 1. The zero-order valence-corrected chi connectivity index (χ0v) is 18.7. The number of para-hydroxylation sites is 2. The van der Waals surface area contributed by atoms with Gasteiger partial charge >= 0.3 is 0 Å². The topological polar surface area (TPSA) is 80.5 Å². The number of sulfonamides is 1. The minimum atomic E-state index is -4.28. The van der Waals surface area contributed by atoms with Crippen LogP contribution in [0.5, 0.6) is 0 Å². The van der Waals surface area contributed by atoms with E-state index in [1.165, 1.54) is 40.2 Å². The number of hydrogen-bond acceptors (Lipinski definition) is 4. The Morgan fingerprint density at radius 3 is 2.30 bits per heavy atom. The lowest BCUT2D eigenvalue weighted by atomic mass is 9.95. The number of benzene rings is 3. The maximum Gasteiger partial charge on any atom is 0.289 e. The van der Waals surface area contributed by atoms with Gasteiger partial charge in [-0.2, -0.15) is 0 Å². The standard InChI is InChI=1S/C26H22N2O4S/c1-2-3-19-27(33(31,32)25-16-10-9-15-24(25)28(29)30)23-14-8-7-13-22(23)26(21-17-18-21)20-11-5-4-6-12-20/h3-16H,1,17-19H2. The number of rotatable bonds is 8. The number of nitro benzene ring substituents is 1. The third kappa shape index (κ3) is 4.51. The van der Waals surface area contributed by atoms with Crippen LogP contribution >= 0.6 is 0 Å². The van der Waals surface area contributed by atoms with Gasteiger partial charge in [-0.15, -0.1) is 5.73 Å². The molecule has 0 aliphatic heterocycles. The largest absolute Gasteiger partial charge is 0.289 e. The fraction of sp³-hybridized carbons (Fsp3) is 0.115. The molecular weight excluding hydrogens is 436 g/mol. The summed E-state index contributed by atoms with van der Waals surface area (Å²) in [5.74, 6) is 0. The molecule has 1 aliphatic rings. The molecule has 0 bridgehead atoms. The van der Waals surface area contributed by atoms with Gasteiger partial charge in [0.2, 0.25) is 0 Å². The Kier molecular flexibility index (Phi) is 6.27. The number of anilines is 1. The third-order valence-electron chi connectivity index (χ3n) is 5.39. The molecule has 0 N–H and O–H groups in total. The van der Waals surface area contributed by atoms with E-state index < -0.39 is 20.6 Å². The predicted octanol–water partition coefficient (Wildman–Crippen LogP) is 5.73. The Labute approximate surface area is 193 Å². The molecule has 3 aromatic carbocycles. The van der Waals surface area contributed by atoms with Gasteiger partial charge in [0, 0.05) is 11.6 Å². The predicted molar refractivity (Wildman–Crippen MR) is 129 cm³/mol. The summed E-state index contributed by atoms with van der Waals surface area (Å²) in [5.41, 5.74) is 6.60. The van der Waals surface area contributed by atoms with Crippen molar-refractivity contribution in [2.45, 2.75) is 17.7 Å². The van der Waals surface area contributed by atoms with Crippen LogP contribution in [0.25, 0.3) is 5.57 Å². The molecule has 0 saturated heterocycles. The normalized spacial score (nSPS) is 12.5. The van der Waals surface area contributed by atoms with Gasteiger partial charge in [0.15, 0.2) is 4.90 Å². The van der Waals surface area contributed by atoms with Crippen LogP contribution in [0.1, 0.15) is 24.0 Å². The van der Waals surface area contributed by atoms with Crippen LogP contribution in [0.4, 0.5) is 11.4 Å². The molecule has 6 nitrogen and oxygen atoms in total. The Balaban J connectivity index is 1.94. The zero-order valence-electron chi connectivity index (χ0n) is 17.8. The van der Waals surface area contributed by atoms with Crippen molar-refractivity contribution < 1.29 is 13.3 Å². The van der Waals surface area contributed by atoms with Gasteiger partial charge in [0.05, 0.1) is 17.2 Å². The van der Waals surface area contributed by atoms with E-state index in [0.717, 1.165) is 29.5 Å². The first kappa shape index (κ1) is 22.3. The highest BCUT2D eigenvalue weighted by molar-refractivity contribution is 7.93. The summed E-state index contributed by atoms with van der Waals surface area (Å²) in [5, 5.41) is 11.6. The Morgan fingerprint density at radius 2 is 1.64 bits per heavy atom. The molecule has 0 spiro atoms.